The Labute approximate surface area is 179 Å². The van der Waals surface area contributed by atoms with Crippen LogP contribution in [0.25, 0.3) is 22.3 Å². The number of fused-ring (bicyclic) bond motifs is 2. The number of pyridine rings is 1. The van der Waals surface area contributed by atoms with E-state index >= 15 is 0 Å². The van der Waals surface area contributed by atoms with E-state index < -0.39 is 0 Å². The van der Waals surface area contributed by atoms with Crippen LogP contribution in [0.3, 0.4) is 0 Å². The predicted molar refractivity (Wildman–Crippen MR) is 117 cm³/mol. The first-order valence-corrected chi connectivity index (χ1v) is 10.5. The predicted octanol–water partition coefficient (Wildman–Crippen LogP) is 2.91. The Morgan fingerprint density at radius 2 is 1.94 bits per heavy atom. The molecule has 1 aliphatic carbocycles. The Morgan fingerprint density at radius 3 is 2.71 bits per heavy atom. The number of hydrogen-bond donors (Lipinski definition) is 2. The maximum atomic E-state index is 11.3. The minimum Gasteiger partial charge on any atom is -0.479 e. The van der Waals surface area contributed by atoms with E-state index in [-0.39, 0.29) is 18.0 Å². The second kappa shape index (κ2) is 7.90. The van der Waals surface area contributed by atoms with Crippen molar-refractivity contribution in [2.75, 3.05) is 12.4 Å². The molecule has 0 atom stereocenters. The average molecular weight is 419 g/mol. The van der Waals surface area contributed by atoms with Gasteiger partial charge in [0.25, 0.3) is 0 Å². The van der Waals surface area contributed by atoms with Crippen LogP contribution < -0.4 is 15.4 Å². The molecule has 4 heterocycles. The van der Waals surface area contributed by atoms with Crippen LogP contribution in [0.4, 0.5) is 5.95 Å². The van der Waals surface area contributed by atoms with Gasteiger partial charge in [-0.2, -0.15) is 4.98 Å². The summed E-state index contributed by atoms with van der Waals surface area (Å²) in [6.07, 6.45) is 11.5. The number of carbonyl (C=O) groups is 1. The fourth-order valence-corrected chi connectivity index (χ4v) is 4.36. The Morgan fingerprint density at radius 1 is 1.13 bits per heavy atom. The van der Waals surface area contributed by atoms with E-state index in [4.69, 9.17) is 4.74 Å². The van der Waals surface area contributed by atoms with Gasteiger partial charge in [-0.25, -0.2) is 9.50 Å². The minimum atomic E-state index is 0.0329. The van der Waals surface area contributed by atoms with Crippen LogP contribution in [0.15, 0.2) is 43.0 Å². The van der Waals surface area contributed by atoms with Crippen LogP contribution in [0.1, 0.15) is 32.6 Å². The summed E-state index contributed by atoms with van der Waals surface area (Å²) in [7, 11) is 1.63. The monoisotopic (exact) mass is 419 g/mol. The zero-order valence-electron chi connectivity index (χ0n) is 17.6. The summed E-state index contributed by atoms with van der Waals surface area (Å²) in [5, 5.41) is 11.1. The van der Waals surface area contributed by atoms with Gasteiger partial charge in [-0.3, -0.25) is 4.79 Å². The SMILES string of the molecule is COc1nc(NC2CCC(NC(C)=O)CC2)nn2ccc(-c3ccc4nccn4c3)c12. The molecule has 4 aromatic heterocycles. The molecular weight excluding hydrogens is 394 g/mol. The zero-order chi connectivity index (χ0) is 21.4. The lowest BCUT2D eigenvalue weighted by molar-refractivity contribution is -0.119. The largest absolute Gasteiger partial charge is 0.479 e. The van der Waals surface area contributed by atoms with Crippen LogP contribution in [0, 0.1) is 0 Å². The summed E-state index contributed by atoms with van der Waals surface area (Å²) in [5.74, 6) is 1.10. The number of nitrogens with zero attached hydrogens (tertiary/aromatic N) is 5. The molecule has 4 aromatic rings. The third kappa shape index (κ3) is 3.78. The molecule has 160 valence electrons. The highest BCUT2D eigenvalue weighted by Crippen LogP contribution is 2.32. The highest BCUT2D eigenvalue weighted by Gasteiger charge is 2.23. The van der Waals surface area contributed by atoms with Crippen molar-refractivity contribution in [2.45, 2.75) is 44.7 Å². The van der Waals surface area contributed by atoms with Gasteiger partial charge in [-0.1, -0.05) is 0 Å². The highest BCUT2D eigenvalue weighted by molar-refractivity contribution is 5.84. The first-order chi connectivity index (χ1) is 15.1. The van der Waals surface area contributed by atoms with Crippen molar-refractivity contribution >= 4 is 23.0 Å². The average Bonchev–Trinajstić information content (AvgIpc) is 3.40. The number of hydrogen-bond acceptors (Lipinski definition) is 6. The van der Waals surface area contributed by atoms with Crippen LogP contribution in [0.2, 0.25) is 0 Å². The van der Waals surface area contributed by atoms with Gasteiger partial charge >= 0.3 is 0 Å². The molecule has 1 fully saturated rings. The topological polar surface area (TPSA) is 97.8 Å². The molecule has 0 spiro atoms. The number of amides is 1. The molecule has 2 N–H and O–H groups in total. The molecule has 1 saturated carbocycles. The third-order valence-corrected chi connectivity index (χ3v) is 5.84. The molecule has 0 saturated heterocycles. The summed E-state index contributed by atoms with van der Waals surface area (Å²) in [5.41, 5.74) is 3.75. The normalized spacial score (nSPS) is 18.9. The molecule has 9 nitrogen and oxygen atoms in total. The number of methoxy groups -OCH3 is 1. The van der Waals surface area contributed by atoms with E-state index in [1.165, 1.54) is 0 Å². The summed E-state index contributed by atoms with van der Waals surface area (Å²) in [6, 6.07) is 6.57. The van der Waals surface area contributed by atoms with Crippen molar-refractivity contribution < 1.29 is 9.53 Å². The van der Waals surface area contributed by atoms with Crippen molar-refractivity contribution in [1.82, 2.24) is 29.3 Å². The lowest BCUT2D eigenvalue weighted by atomic mass is 9.91. The molecule has 0 unspecified atom stereocenters. The van der Waals surface area contributed by atoms with Crippen LogP contribution in [0.5, 0.6) is 5.88 Å². The van der Waals surface area contributed by atoms with Gasteiger partial charge in [0, 0.05) is 54.9 Å². The van der Waals surface area contributed by atoms with E-state index in [2.05, 4.69) is 25.7 Å². The molecule has 0 aliphatic heterocycles. The van der Waals surface area contributed by atoms with Crippen molar-refractivity contribution in [3.63, 3.8) is 0 Å². The lowest BCUT2D eigenvalue weighted by Gasteiger charge is -2.29. The Hall–Kier alpha value is -3.62. The number of nitrogens with one attached hydrogen (secondary N) is 2. The maximum Gasteiger partial charge on any atom is 0.244 e. The van der Waals surface area contributed by atoms with E-state index in [0.29, 0.717) is 11.8 Å². The molecule has 31 heavy (non-hydrogen) atoms. The quantitative estimate of drug-likeness (QED) is 0.516. The molecule has 0 bridgehead atoms. The molecule has 0 aromatic carbocycles. The van der Waals surface area contributed by atoms with Crippen molar-refractivity contribution in [3.8, 4) is 17.0 Å². The zero-order valence-corrected chi connectivity index (χ0v) is 17.6. The second-order valence-corrected chi connectivity index (χ2v) is 7.97. The van der Waals surface area contributed by atoms with E-state index in [9.17, 15) is 4.79 Å². The van der Waals surface area contributed by atoms with E-state index in [1.807, 2.05) is 45.7 Å². The standard InChI is InChI=1S/C22H25N7O2/c1-14(30)24-16-4-6-17(7-5-16)25-22-26-21(31-2)20-18(9-11-29(20)27-22)15-3-8-19-23-10-12-28(19)13-15/h3,8-13,16-17H,4-7H2,1-2H3,(H,24,30)(H,25,27). The highest BCUT2D eigenvalue weighted by atomic mass is 16.5. The number of anilines is 1. The smallest absolute Gasteiger partial charge is 0.244 e. The van der Waals surface area contributed by atoms with Gasteiger partial charge in [0.1, 0.15) is 11.2 Å². The lowest BCUT2D eigenvalue weighted by Crippen LogP contribution is -2.39. The fourth-order valence-electron chi connectivity index (χ4n) is 4.36. The summed E-state index contributed by atoms with van der Waals surface area (Å²) in [4.78, 5) is 20.2. The number of rotatable bonds is 5. The van der Waals surface area contributed by atoms with Gasteiger partial charge in [0.05, 0.1) is 7.11 Å². The fraction of sp³-hybridized carbons (Fsp3) is 0.364. The van der Waals surface area contributed by atoms with Crippen molar-refractivity contribution in [1.29, 1.82) is 0 Å². The van der Waals surface area contributed by atoms with Gasteiger partial charge < -0.3 is 19.8 Å². The minimum absolute atomic E-state index is 0.0329. The Bertz CT molecular complexity index is 1240. The first-order valence-electron chi connectivity index (χ1n) is 10.5. The Balaban J connectivity index is 1.40. The van der Waals surface area contributed by atoms with Crippen molar-refractivity contribution in [2.24, 2.45) is 0 Å². The first kappa shape index (κ1) is 19.3. The second-order valence-electron chi connectivity index (χ2n) is 7.97. The number of ether oxygens (including phenoxy) is 1. The summed E-state index contributed by atoms with van der Waals surface area (Å²) < 4.78 is 9.43. The number of imidazole rings is 1. The molecule has 1 amide bonds. The van der Waals surface area contributed by atoms with Gasteiger partial charge in [-0.15, -0.1) is 5.10 Å². The third-order valence-electron chi connectivity index (χ3n) is 5.84. The molecule has 1 aliphatic rings. The maximum absolute atomic E-state index is 11.3. The number of carbonyl (C=O) groups excluding carboxylic acids is 1. The van der Waals surface area contributed by atoms with Crippen molar-refractivity contribution in [3.05, 3.63) is 43.0 Å². The number of aromatic nitrogens is 5. The molecule has 5 rings (SSSR count). The molecular formula is C22H25N7O2. The summed E-state index contributed by atoms with van der Waals surface area (Å²) in [6.45, 7) is 1.57. The molecule has 0 radical (unpaired) electrons. The van der Waals surface area contributed by atoms with Gasteiger partial charge in [0.2, 0.25) is 17.7 Å². The van der Waals surface area contributed by atoms with E-state index in [0.717, 1.165) is 48.0 Å². The van der Waals surface area contributed by atoms with Crippen LogP contribution in [-0.2, 0) is 4.79 Å². The van der Waals surface area contributed by atoms with E-state index in [1.54, 1.807) is 20.2 Å². The van der Waals surface area contributed by atoms with Crippen LogP contribution >= 0.6 is 0 Å². The molecule has 9 heteroatoms. The van der Waals surface area contributed by atoms with Gasteiger partial charge in [-0.05, 0) is 43.9 Å². The Kier molecular flexibility index (Phi) is 4.93. The van der Waals surface area contributed by atoms with Gasteiger partial charge in [0.15, 0.2) is 0 Å². The summed E-state index contributed by atoms with van der Waals surface area (Å²) >= 11 is 0. The van der Waals surface area contributed by atoms with Crippen LogP contribution in [-0.4, -0.2) is 49.1 Å².